The fourth-order valence-electron chi connectivity index (χ4n) is 21.4. The molecule has 0 spiro atoms. The molecule has 0 aliphatic carbocycles. The number of aromatic nitrogens is 4. The van der Waals surface area contributed by atoms with Gasteiger partial charge in [0.2, 0.25) is 0 Å². The van der Waals surface area contributed by atoms with Crippen molar-refractivity contribution in [2.75, 3.05) is 19.6 Å². The Morgan fingerprint density at radius 3 is 0.701 bits per heavy atom. The van der Waals surface area contributed by atoms with Crippen LogP contribution in [0.1, 0.15) is 11.1 Å². The first-order valence-corrected chi connectivity index (χ1v) is 49.2. The highest BCUT2D eigenvalue weighted by atomic mass is 15.3. The molecule has 26 rings (SSSR count). The van der Waals surface area contributed by atoms with E-state index < -0.39 is 0 Å². The number of para-hydroxylation sites is 6. The molecule has 680 valence electrons. The first-order valence-electron chi connectivity index (χ1n) is 49.2. The van der Waals surface area contributed by atoms with Gasteiger partial charge in [-0.2, -0.15) is 0 Å². The second-order valence-corrected chi connectivity index (χ2v) is 36.9. The van der Waals surface area contributed by atoms with Crippen LogP contribution in [-0.4, -0.2) is 19.1 Å². The lowest BCUT2D eigenvalue weighted by atomic mass is 9.86. The fraction of sp³-hybridized carbons (Fsp3) is 0.0147. The zero-order chi connectivity index (χ0) is 95.9. The summed E-state index contributed by atoms with van der Waals surface area (Å²) < 4.78 is 4.35. The van der Waals surface area contributed by atoms with Crippen LogP contribution in [0.2, 0.25) is 0 Å². The van der Waals surface area contributed by atoms with Crippen molar-refractivity contribution in [3.05, 3.63) is 558 Å². The average Bonchev–Trinajstić information content (AvgIpc) is 1.69. The first-order chi connectivity index (χ1) is 71.3. The van der Waals surface area contributed by atoms with Gasteiger partial charge in [-0.15, -0.1) is 0 Å². The Balaban J connectivity index is 0.000000151. The highest BCUT2D eigenvalue weighted by Gasteiger charge is 2.29. The van der Waals surface area contributed by atoms with Crippen molar-refractivity contribution >= 4 is 133 Å². The van der Waals surface area contributed by atoms with Gasteiger partial charge in [-0.05, 0) is 220 Å². The summed E-state index contributed by atoms with van der Waals surface area (Å²) in [6, 6.07) is 188. The summed E-state index contributed by atoms with van der Waals surface area (Å²) >= 11 is 0. The minimum absolute atomic E-state index is 0.816. The monoisotopic (exact) mass is 1840 g/mol. The maximum Gasteiger partial charge on any atom is 0.156 e. The molecule has 8 nitrogen and oxygen atoms in total. The molecule has 24 aromatic carbocycles. The van der Waals surface area contributed by atoms with E-state index in [0.717, 1.165) is 130 Å². The van der Waals surface area contributed by atoms with E-state index in [1.165, 1.54) is 115 Å². The molecule has 26 aromatic rings. The minimum Gasteiger partial charge on any atom is -0.309 e. The van der Waals surface area contributed by atoms with Gasteiger partial charge in [0.1, 0.15) is 12.7 Å². The van der Waals surface area contributed by atoms with Crippen molar-refractivity contribution in [1.29, 1.82) is 0 Å². The quantitative estimate of drug-likeness (QED) is 0.0630. The molecule has 0 aliphatic heterocycles. The van der Waals surface area contributed by atoms with E-state index >= 15 is 0 Å². The minimum atomic E-state index is 0.816. The lowest BCUT2D eigenvalue weighted by Crippen LogP contribution is -2.12. The van der Waals surface area contributed by atoms with Crippen LogP contribution < -0.4 is 19.6 Å². The molecular formula is C136H96N8. The Hall–Kier alpha value is -19.0. The van der Waals surface area contributed by atoms with Crippen molar-refractivity contribution in [2.45, 2.75) is 13.8 Å². The molecule has 0 saturated heterocycles. The van der Waals surface area contributed by atoms with E-state index in [1.807, 2.05) is 12.7 Å². The Labute approximate surface area is 838 Å². The molecule has 0 N–H and O–H groups in total. The normalized spacial score (nSPS) is 11.4. The SMILES string of the molecule is Cc1ccc(N(c2ccccc2-c2ccccc2)c2ccccc2-c2ccc3ccc4c(-c5ccccc5N(c5ccc(-c6ccccc6)cc5)c5ccccc5-c5ccccc5)ccc5ccc2c3c54)cc1.Cc1ccc(N(c2cn(-c3ccc4ccc5c(-n6cnc(N(c7ccc(-c8ccccc8)cc7)c7ccccc7-c7ccccc7)c6)ccc6ccc3c4c65)cn2)c2ccccc2-c2ccccc2)cc1. The molecule has 2 aromatic heterocycles. The number of rotatable bonds is 22. The topological polar surface area (TPSA) is 48.6 Å². The molecule has 144 heavy (non-hydrogen) atoms. The summed E-state index contributed by atoms with van der Waals surface area (Å²) in [6.07, 6.45) is 8.21. The Morgan fingerprint density at radius 2 is 0.389 bits per heavy atom. The first kappa shape index (κ1) is 86.6. The second kappa shape index (κ2) is 37.7. The maximum atomic E-state index is 5.19. The van der Waals surface area contributed by atoms with E-state index in [4.69, 9.17) is 9.97 Å². The molecular weight excluding hydrogens is 1750 g/mol. The summed E-state index contributed by atoms with van der Waals surface area (Å²) in [5, 5.41) is 14.6. The van der Waals surface area contributed by atoms with Gasteiger partial charge >= 0.3 is 0 Å². The molecule has 0 saturated carbocycles. The van der Waals surface area contributed by atoms with Crippen LogP contribution in [0.3, 0.4) is 0 Å². The Kier molecular flexibility index (Phi) is 22.7. The zero-order valence-electron chi connectivity index (χ0n) is 79.5. The van der Waals surface area contributed by atoms with Crippen molar-refractivity contribution in [3.63, 3.8) is 0 Å². The van der Waals surface area contributed by atoms with E-state index in [2.05, 4.69) is 577 Å². The van der Waals surface area contributed by atoms with Gasteiger partial charge in [0.05, 0.1) is 57.9 Å². The zero-order valence-corrected chi connectivity index (χ0v) is 79.5. The van der Waals surface area contributed by atoms with Gasteiger partial charge in [0, 0.05) is 66.9 Å². The standard InChI is InChI=1S/C71H50N2.C65H46N6/c1-49-33-41-56(42-34-49)72(66-29-15-11-25-58(66)52-21-7-3-8-22-52)68-31-17-13-27-62(68)60-45-37-54-40-48-65-61(46-38-55-39-47-64(60)70(54)71(55)65)63-28-14-18-32-69(63)73(57-43-35-51(36-44-57)50-19-5-2-6-20-50)67-30-16-12-26-59(67)53-23-9-4-10-24-53;1-45-25-33-52(34-26-45)70(60-23-13-11-21-54(60)48-17-7-3-8-18-48)62-41-68(43-66-62)58-39-31-50-30-38-57-59(40-32-51-29-37-56(58)64(50)65(51)57)69-42-63(67-44-69)71(53-35-27-47(28-36-53)46-15-5-2-6-16-46)61-24-14-12-22-55(61)49-19-9-4-10-20-49/h2-48H,1H3;2-44H,1H3. The maximum absolute atomic E-state index is 5.19. The molecule has 2 heterocycles. The summed E-state index contributed by atoms with van der Waals surface area (Å²) in [7, 11) is 0. The highest BCUT2D eigenvalue weighted by Crippen LogP contribution is 2.54. The van der Waals surface area contributed by atoms with Crippen LogP contribution in [-0.2, 0) is 0 Å². The predicted molar refractivity (Wildman–Crippen MR) is 606 cm³/mol. The van der Waals surface area contributed by atoms with E-state index in [9.17, 15) is 0 Å². The smallest absolute Gasteiger partial charge is 0.156 e. The lowest BCUT2D eigenvalue weighted by molar-refractivity contribution is 1.07. The van der Waals surface area contributed by atoms with E-state index in [1.54, 1.807) is 0 Å². The molecule has 0 amide bonds. The summed E-state index contributed by atoms with van der Waals surface area (Å²) in [5.41, 5.74) is 34.0. The van der Waals surface area contributed by atoms with Crippen LogP contribution in [0, 0.1) is 13.8 Å². The molecule has 8 heteroatoms. The molecule has 0 radical (unpaired) electrons. The van der Waals surface area contributed by atoms with Gasteiger partial charge in [0.15, 0.2) is 11.6 Å². The lowest BCUT2D eigenvalue weighted by Gasteiger charge is -2.30. The van der Waals surface area contributed by atoms with E-state index in [-0.39, 0.29) is 0 Å². The fourth-order valence-corrected chi connectivity index (χ4v) is 21.4. The number of anilines is 12. The summed E-state index contributed by atoms with van der Waals surface area (Å²) in [6.45, 7) is 4.28. The third-order valence-corrected chi connectivity index (χ3v) is 28.3. The number of aryl methyl sites for hydroxylation is 2. The molecule has 0 atom stereocenters. The summed E-state index contributed by atoms with van der Waals surface area (Å²) in [5.74, 6) is 1.64. The van der Waals surface area contributed by atoms with Crippen LogP contribution >= 0.6 is 0 Å². The Morgan fingerprint density at radius 1 is 0.167 bits per heavy atom. The number of hydrogen-bond acceptors (Lipinski definition) is 6. The van der Waals surface area contributed by atoms with Crippen molar-refractivity contribution in [1.82, 2.24) is 19.1 Å². The summed E-state index contributed by atoms with van der Waals surface area (Å²) in [4.78, 5) is 19.8. The Bertz CT molecular complexity index is 9130. The van der Waals surface area contributed by atoms with Crippen LogP contribution in [0.15, 0.2) is 547 Å². The highest BCUT2D eigenvalue weighted by molar-refractivity contribution is 6.29. The number of benzene rings is 24. The van der Waals surface area contributed by atoms with Crippen molar-refractivity contribution < 1.29 is 0 Å². The molecule has 0 unspecified atom stereocenters. The average molecular weight is 1840 g/mol. The largest absolute Gasteiger partial charge is 0.309 e. The van der Waals surface area contributed by atoms with Crippen LogP contribution in [0.25, 0.3) is 165 Å². The third kappa shape index (κ3) is 16.1. The van der Waals surface area contributed by atoms with Crippen molar-refractivity contribution in [2.24, 2.45) is 0 Å². The molecule has 0 bridgehead atoms. The van der Waals surface area contributed by atoms with Crippen LogP contribution in [0.5, 0.6) is 0 Å². The van der Waals surface area contributed by atoms with Crippen LogP contribution in [0.4, 0.5) is 68.5 Å². The number of imidazole rings is 2. The predicted octanol–water partition coefficient (Wildman–Crippen LogP) is 37.4. The molecule has 0 aliphatic rings. The second-order valence-electron chi connectivity index (χ2n) is 36.9. The van der Waals surface area contributed by atoms with Gasteiger partial charge in [-0.25, -0.2) is 9.97 Å². The van der Waals surface area contributed by atoms with E-state index in [0.29, 0.717) is 0 Å². The third-order valence-electron chi connectivity index (χ3n) is 28.3. The number of hydrogen-bond donors (Lipinski definition) is 0. The van der Waals surface area contributed by atoms with Gasteiger partial charge in [0.25, 0.3) is 0 Å². The number of nitrogens with zero attached hydrogens (tertiary/aromatic N) is 8. The van der Waals surface area contributed by atoms with Gasteiger partial charge < -0.3 is 18.9 Å². The van der Waals surface area contributed by atoms with Crippen molar-refractivity contribution in [3.8, 4) is 100 Å². The molecule has 0 fully saturated rings. The van der Waals surface area contributed by atoms with Gasteiger partial charge in [-0.1, -0.05) is 436 Å². The van der Waals surface area contributed by atoms with Gasteiger partial charge in [-0.3, -0.25) is 9.80 Å².